The van der Waals surface area contributed by atoms with Crippen LogP contribution in [0.25, 0.3) is 11.3 Å². The molecule has 0 atom stereocenters. The van der Waals surface area contributed by atoms with E-state index in [2.05, 4.69) is 5.10 Å². The third-order valence-corrected chi connectivity index (χ3v) is 2.99. The number of aromatic nitrogens is 2. The molecule has 0 saturated heterocycles. The number of rotatable bonds is 4. The molecule has 0 aliphatic carbocycles. The van der Waals surface area contributed by atoms with Crippen molar-refractivity contribution in [3.05, 3.63) is 35.4 Å². The second-order valence-electron chi connectivity index (χ2n) is 4.23. The van der Waals surface area contributed by atoms with E-state index in [0.717, 1.165) is 11.1 Å². The summed E-state index contributed by atoms with van der Waals surface area (Å²) in [7, 11) is 0. The summed E-state index contributed by atoms with van der Waals surface area (Å²) in [5.74, 6) is 0.474. The Morgan fingerprint density at radius 1 is 1.32 bits per heavy atom. The summed E-state index contributed by atoms with van der Waals surface area (Å²) < 4.78 is 26.5. The van der Waals surface area contributed by atoms with Crippen LogP contribution in [0, 0.1) is 6.92 Å². The van der Waals surface area contributed by atoms with Gasteiger partial charge in [-0.1, -0.05) is 24.3 Å². The molecule has 0 fully saturated rings. The van der Waals surface area contributed by atoms with E-state index in [1.165, 1.54) is 16.8 Å². The summed E-state index contributed by atoms with van der Waals surface area (Å²) in [6, 6.07) is 5.94. The second kappa shape index (κ2) is 5.36. The summed E-state index contributed by atoms with van der Waals surface area (Å²) in [4.78, 5) is 0. The van der Waals surface area contributed by atoms with Crippen LogP contribution in [-0.4, -0.2) is 21.5 Å². The van der Waals surface area contributed by atoms with Crippen LogP contribution in [0.3, 0.4) is 0 Å². The fourth-order valence-electron chi connectivity index (χ4n) is 1.89. The molecule has 102 valence electrons. The molecule has 2 rings (SSSR count). The molecule has 2 aromatic rings. The topological polar surface area (TPSA) is 64.1 Å². The highest BCUT2D eigenvalue weighted by Gasteiger charge is 2.14. The number of alkyl halides is 2. The van der Waals surface area contributed by atoms with Gasteiger partial charge in [0.25, 0.3) is 6.43 Å². The van der Waals surface area contributed by atoms with Crippen molar-refractivity contribution in [2.24, 2.45) is 0 Å². The Hall–Kier alpha value is -1.95. The van der Waals surface area contributed by atoms with Gasteiger partial charge >= 0.3 is 0 Å². The van der Waals surface area contributed by atoms with E-state index in [9.17, 15) is 8.78 Å². The highest BCUT2D eigenvalue weighted by atomic mass is 19.3. The van der Waals surface area contributed by atoms with Gasteiger partial charge in [0.05, 0.1) is 18.8 Å². The van der Waals surface area contributed by atoms with E-state index in [1.807, 2.05) is 6.92 Å². The van der Waals surface area contributed by atoms with Crippen molar-refractivity contribution in [2.45, 2.75) is 19.9 Å². The van der Waals surface area contributed by atoms with Gasteiger partial charge in [-0.05, 0) is 6.92 Å². The van der Waals surface area contributed by atoms with Gasteiger partial charge in [0.2, 0.25) is 0 Å². The standard InChI is InChI=1S/C13H15F2N3O/c1-8-11(17-18(6-7-19)13(8)16)9-2-4-10(5-3-9)12(14)15/h2-5,12,19H,6-7,16H2,1H3. The molecule has 0 aliphatic rings. The first-order chi connectivity index (χ1) is 9.04. The average Bonchev–Trinajstić information content (AvgIpc) is 2.68. The maximum atomic E-state index is 12.5. The molecule has 6 heteroatoms. The SMILES string of the molecule is Cc1c(-c2ccc(C(F)F)cc2)nn(CCO)c1N. The Morgan fingerprint density at radius 2 is 1.95 bits per heavy atom. The Balaban J connectivity index is 2.38. The monoisotopic (exact) mass is 267 g/mol. The van der Waals surface area contributed by atoms with Gasteiger partial charge in [-0.2, -0.15) is 5.10 Å². The summed E-state index contributed by atoms with van der Waals surface area (Å²) >= 11 is 0. The Kier molecular flexibility index (Phi) is 3.80. The maximum Gasteiger partial charge on any atom is 0.263 e. The van der Waals surface area contributed by atoms with Gasteiger partial charge in [-0.25, -0.2) is 13.5 Å². The lowest BCUT2D eigenvalue weighted by Gasteiger charge is -2.02. The van der Waals surface area contributed by atoms with Crippen LogP contribution in [-0.2, 0) is 6.54 Å². The second-order valence-corrected chi connectivity index (χ2v) is 4.23. The molecule has 1 aromatic heterocycles. The van der Waals surface area contributed by atoms with Crippen LogP contribution >= 0.6 is 0 Å². The third kappa shape index (κ3) is 2.58. The molecule has 1 aromatic carbocycles. The van der Waals surface area contributed by atoms with E-state index in [-0.39, 0.29) is 12.2 Å². The predicted molar refractivity (Wildman–Crippen MR) is 68.9 cm³/mol. The summed E-state index contributed by atoms with van der Waals surface area (Å²) in [5, 5.41) is 13.2. The molecule has 1 heterocycles. The third-order valence-electron chi connectivity index (χ3n) is 2.99. The number of hydrogen-bond donors (Lipinski definition) is 2. The van der Waals surface area contributed by atoms with Crippen LogP contribution in [0.2, 0.25) is 0 Å². The van der Waals surface area contributed by atoms with Gasteiger partial charge in [0.1, 0.15) is 5.82 Å². The zero-order valence-corrected chi connectivity index (χ0v) is 10.5. The number of halogens is 2. The van der Waals surface area contributed by atoms with Crippen molar-refractivity contribution < 1.29 is 13.9 Å². The number of nitrogens with zero attached hydrogens (tertiary/aromatic N) is 2. The molecule has 4 nitrogen and oxygen atoms in total. The molecule has 0 unspecified atom stereocenters. The van der Waals surface area contributed by atoms with Gasteiger partial charge in [0, 0.05) is 16.7 Å². The highest BCUT2D eigenvalue weighted by Crippen LogP contribution is 2.28. The molecular formula is C13H15F2N3O. The summed E-state index contributed by atoms with van der Waals surface area (Å²) in [5.41, 5.74) is 8.00. The number of nitrogen functional groups attached to an aromatic ring is 1. The molecule has 0 spiro atoms. The minimum absolute atomic E-state index is 0.0239. The lowest BCUT2D eigenvalue weighted by Crippen LogP contribution is -2.07. The van der Waals surface area contributed by atoms with Crippen molar-refractivity contribution in [1.29, 1.82) is 0 Å². The Morgan fingerprint density at radius 3 is 2.47 bits per heavy atom. The molecule has 0 aliphatic heterocycles. The number of aliphatic hydroxyl groups is 1. The van der Waals surface area contributed by atoms with Crippen molar-refractivity contribution in [3.8, 4) is 11.3 Å². The highest BCUT2D eigenvalue weighted by molar-refractivity contribution is 5.68. The quantitative estimate of drug-likeness (QED) is 0.893. The first kappa shape index (κ1) is 13.5. The van der Waals surface area contributed by atoms with Gasteiger partial charge in [-0.15, -0.1) is 0 Å². The first-order valence-corrected chi connectivity index (χ1v) is 5.86. The fraction of sp³-hybridized carbons (Fsp3) is 0.308. The van der Waals surface area contributed by atoms with E-state index in [1.54, 1.807) is 12.1 Å². The first-order valence-electron chi connectivity index (χ1n) is 5.86. The molecule has 0 saturated carbocycles. The summed E-state index contributed by atoms with van der Waals surface area (Å²) in [6.07, 6.45) is -2.48. The zero-order valence-electron chi connectivity index (χ0n) is 10.5. The lowest BCUT2D eigenvalue weighted by molar-refractivity contribution is 0.151. The van der Waals surface area contributed by atoms with Gasteiger partial charge in [-0.3, -0.25) is 0 Å². The van der Waals surface area contributed by atoms with Gasteiger partial charge < -0.3 is 10.8 Å². The zero-order chi connectivity index (χ0) is 14.0. The van der Waals surface area contributed by atoms with Crippen molar-refractivity contribution in [1.82, 2.24) is 9.78 Å². The molecule has 0 amide bonds. The summed E-state index contributed by atoms with van der Waals surface area (Å²) in [6.45, 7) is 2.06. The van der Waals surface area contributed by atoms with Crippen LogP contribution < -0.4 is 5.73 Å². The normalized spacial score (nSPS) is 11.2. The Labute approximate surface area is 109 Å². The van der Waals surface area contributed by atoms with Crippen LogP contribution in [0.1, 0.15) is 17.6 Å². The molecule has 3 N–H and O–H groups in total. The van der Waals surface area contributed by atoms with Crippen LogP contribution in [0.4, 0.5) is 14.6 Å². The van der Waals surface area contributed by atoms with E-state index < -0.39 is 6.43 Å². The lowest BCUT2D eigenvalue weighted by atomic mass is 10.1. The van der Waals surface area contributed by atoms with Crippen molar-refractivity contribution in [3.63, 3.8) is 0 Å². The number of hydrogen-bond acceptors (Lipinski definition) is 3. The van der Waals surface area contributed by atoms with E-state index in [4.69, 9.17) is 10.8 Å². The van der Waals surface area contributed by atoms with E-state index >= 15 is 0 Å². The predicted octanol–water partition coefficient (Wildman–Crippen LogP) is 2.37. The minimum atomic E-state index is -2.48. The molecule has 19 heavy (non-hydrogen) atoms. The van der Waals surface area contributed by atoms with Crippen LogP contribution in [0.5, 0.6) is 0 Å². The molecular weight excluding hydrogens is 252 g/mol. The number of benzene rings is 1. The smallest absolute Gasteiger partial charge is 0.263 e. The van der Waals surface area contributed by atoms with Gasteiger partial charge in [0.15, 0.2) is 0 Å². The Bertz CT molecular complexity index is 564. The molecule has 0 bridgehead atoms. The fourth-order valence-corrected chi connectivity index (χ4v) is 1.89. The average molecular weight is 267 g/mol. The van der Waals surface area contributed by atoms with E-state index in [0.29, 0.717) is 18.1 Å². The maximum absolute atomic E-state index is 12.5. The van der Waals surface area contributed by atoms with Crippen molar-refractivity contribution in [2.75, 3.05) is 12.3 Å². The minimum Gasteiger partial charge on any atom is -0.394 e. The molecule has 0 radical (unpaired) electrons. The largest absolute Gasteiger partial charge is 0.394 e. The number of anilines is 1. The number of nitrogens with two attached hydrogens (primary N) is 1. The van der Waals surface area contributed by atoms with Crippen LogP contribution in [0.15, 0.2) is 24.3 Å². The van der Waals surface area contributed by atoms with Crippen molar-refractivity contribution >= 4 is 5.82 Å². The number of aliphatic hydroxyl groups excluding tert-OH is 1.